The molecule has 2 fully saturated rings. The first-order valence-electron chi connectivity index (χ1n) is 4.58. The number of hydrogen-bond acceptors (Lipinski definition) is 3. The fraction of sp³-hybridized carbons (Fsp3) is 1.00. The molecule has 0 spiro atoms. The molecule has 1 atom stereocenters. The maximum Gasteiger partial charge on any atom is 0.122 e. The molecule has 1 unspecified atom stereocenters. The Morgan fingerprint density at radius 2 is 1.91 bits per heavy atom. The van der Waals surface area contributed by atoms with Crippen LogP contribution in [0.1, 0.15) is 25.7 Å². The van der Waals surface area contributed by atoms with Crippen LogP contribution in [0.5, 0.6) is 0 Å². The minimum absolute atomic E-state index is 0.327. The Balaban J connectivity index is 1.67. The second-order valence-electron chi connectivity index (χ2n) is 3.32. The highest BCUT2D eigenvalue weighted by Crippen LogP contribution is 2.11. The van der Waals surface area contributed by atoms with E-state index in [0.29, 0.717) is 6.23 Å². The molecule has 0 aliphatic carbocycles. The van der Waals surface area contributed by atoms with Crippen molar-refractivity contribution >= 4 is 0 Å². The number of rotatable bonds is 2. The Labute approximate surface area is 67.7 Å². The summed E-state index contributed by atoms with van der Waals surface area (Å²) in [6, 6.07) is 0. The smallest absolute Gasteiger partial charge is 0.122 e. The molecule has 3 nitrogen and oxygen atoms in total. The highest BCUT2D eigenvalue weighted by Gasteiger charge is 2.21. The molecule has 64 valence electrons. The van der Waals surface area contributed by atoms with Gasteiger partial charge in [-0.05, 0) is 12.8 Å². The summed E-state index contributed by atoms with van der Waals surface area (Å²) in [6.45, 7) is 3.32. The van der Waals surface area contributed by atoms with Crippen molar-refractivity contribution in [3.63, 3.8) is 0 Å². The molecule has 2 aliphatic rings. The second kappa shape index (κ2) is 3.52. The van der Waals surface area contributed by atoms with E-state index < -0.39 is 0 Å². The van der Waals surface area contributed by atoms with Crippen molar-refractivity contribution in [2.45, 2.75) is 31.9 Å². The molecule has 0 amide bonds. The summed E-state index contributed by atoms with van der Waals surface area (Å²) in [4.78, 5) is 0. The zero-order valence-electron chi connectivity index (χ0n) is 6.88. The minimum Gasteiger partial charge on any atom is -0.362 e. The lowest BCUT2D eigenvalue weighted by Crippen LogP contribution is -2.52. The van der Waals surface area contributed by atoms with Crippen LogP contribution < -0.4 is 5.43 Å². The Morgan fingerprint density at radius 1 is 1.18 bits per heavy atom. The van der Waals surface area contributed by atoms with Crippen molar-refractivity contribution in [1.29, 1.82) is 0 Å². The molecular formula is C8H16N2O. The van der Waals surface area contributed by atoms with Crippen LogP contribution >= 0.6 is 0 Å². The van der Waals surface area contributed by atoms with Crippen LogP contribution in [0.4, 0.5) is 0 Å². The maximum atomic E-state index is 5.28. The first kappa shape index (κ1) is 7.53. The number of hydrazine groups is 1. The van der Waals surface area contributed by atoms with Crippen molar-refractivity contribution in [2.75, 3.05) is 19.7 Å². The summed E-state index contributed by atoms with van der Waals surface area (Å²) >= 11 is 0. The number of ether oxygens (including phenoxy) is 1. The van der Waals surface area contributed by atoms with E-state index in [1.807, 2.05) is 0 Å². The van der Waals surface area contributed by atoms with Crippen molar-refractivity contribution in [3.8, 4) is 0 Å². The quantitative estimate of drug-likeness (QED) is 0.637. The van der Waals surface area contributed by atoms with E-state index in [2.05, 4.69) is 10.4 Å². The van der Waals surface area contributed by atoms with Crippen LogP contribution in [0.15, 0.2) is 0 Å². The van der Waals surface area contributed by atoms with Crippen LogP contribution in [-0.4, -0.2) is 30.9 Å². The fourth-order valence-corrected chi connectivity index (χ4v) is 1.56. The van der Waals surface area contributed by atoms with E-state index in [1.165, 1.54) is 38.8 Å². The highest BCUT2D eigenvalue weighted by molar-refractivity contribution is 4.66. The Hall–Kier alpha value is -0.120. The van der Waals surface area contributed by atoms with Crippen molar-refractivity contribution in [3.05, 3.63) is 0 Å². The number of nitrogens with one attached hydrogen (secondary N) is 1. The van der Waals surface area contributed by atoms with E-state index in [9.17, 15) is 0 Å². The number of hydrogen-bond donors (Lipinski definition) is 1. The molecule has 1 N–H and O–H groups in total. The zero-order valence-corrected chi connectivity index (χ0v) is 6.88. The Kier molecular flexibility index (Phi) is 2.41. The molecule has 2 saturated heterocycles. The Morgan fingerprint density at radius 3 is 2.45 bits per heavy atom. The van der Waals surface area contributed by atoms with Gasteiger partial charge in [0.15, 0.2) is 0 Å². The van der Waals surface area contributed by atoms with Crippen molar-refractivity contribution < 1.29 is 4.74 Å². The second-order valence-corrected chi connectivity index (χ2v) is 3.32. The van der Waals surface area contributed by atoms with Gasteiger partial charge in [-0.1, -0.05) is 6.42 Å². The third kappa shape index (κ3) is 1.92. The third-order valence-corrected chi connectivity index (χ3v) is 2.38. The fourth-order valence-electron chi connectivity index (χ4n) is 1.56. The van der Waals surface area contributed by atoms with Gasteiger partial charge in [0.05, 0.1) is 6.61 Å². The third-order valence-electron chi connectivity index (χ3n) is 2.38. The molecule has 0 radical (unpaired) electrons. The van der Waals surface area contributed by atoms with Gasteiger partial charge >= 0.3 is 0 Å². The lowest BCUT2D eigenvalue weighted by molar-refractivity contribution is -0.112. The van der Waals surface area contributed by atoms with Crippen LogP contribution in [-0.2, 0) is 4.74 Å². The molecule has 0 aromatic rings. The lowest BCUT2D eigenvalue weighted by Gasteiger charge is -2.35. The normalized spacial score (nSPS) is 33.3. The topological polar surface area (TPSA) is 24.5 Å². The van der Waals surface area contributed by atoms with E-state index >= 15 is 0 Å². The first-order chi connectivity index (χ1) is 5.45. The molecule has 2 rings (SSSR count). The van der Waals surface area contributed by atoms with Gasteiger partial charge in [0.25, 0.3) is 0 Å². The molecule has 0 bridgehead atoms. The molecule has 11 heavy (non-hydrogen) atoms. The van der Waals surface area contributed by atoms with Crippen molar-refractivity contribution in [1.82, 2.24) is 10.4 Å². The predicted octanol–water partition coefficient (Wildman–Crippen LogP) is 0.723. The SMILES string of the molecule is C1CCN(NC2CCO2)CC1. The summed E-state index contributed by atoms with van der Waals surface area (Å²) in [7, 11) is 0. The van der Waals surface area contributed by atoms with Gasteiger partial charge in [0.1, 0.15) is 6.23 Å². The predicted molar refractivity (Wildman–Crippen MR) is 42.9 cm³/mol. The van der Waals surface area contributed by atoms with Gasteiger partial charge < -0.3 is 4.74 Å². The van der Waals surface area contributed by atoms with Crippen LogP contribution in [0.25, 0.3) is 0 Å². The molecule has 0 aromatic carbocycles. The maximum absolute atomic E-state index is 5.28. The highest BCUT2D eigenvalue weighted by atomic mass is 16.5. The average Bonchev–Trinajstić information content (AvgIpc) is 1.99. The van der Waals surface area contributed by atoms with E-state index in [0.717, 1.165) is 6.61 Å². The van der Waals surface area contributed by atoms with Gasteiger partial charge in [-0.15, -0.1) is 0 Å². The molecule has 3 heteroatoms. The van der Waals surface area contributed by atoms with Gasteiger partial charge in [-0.2, -0.15) is 0 Å². The van der Waals surface area contributed by atoms with Crippen LogP contribution in [0, 0.1) is 0 Å². The van der Waals surface area contributed by atoms with E-state index in [1.54, 1.807) is 0 Å². The van der Waals surface area contributed by atoms with Gasteiger partial charge in [0, 0.05) is 19.5 Å². The zero-order chi connectivity index (χ0) is 7.52. The first-order valence-corrected chi connectivity index (χ1v) is 4.58. The van der Waals surface area contributed by atoms with E-state index in [-0.39, 0.29) is 0 Å². The summed E-state index contributed by atoms with van der Waals surface area (Å²) in [5.41, 5.74) is 3.37. The lowest BCUT2D eigenvalue weighted by atomic mass is 10.2. The van der Waals surface area contributed by atoms with Crippen LogP contribution in [0.3, 0.4) is 0 Å². The van der Waals surface area contributed by atoms with Crippen LogP contribution in [0.2, 0.25) is 0 Å². The summed E-state index contributed by atoms with van der Waals surface area (Å²) in [5.74, 6) is 0. The largest absolute Gasteiger partial charge is 0.362 e. The van der Waals surface area contributed by atoms with Crippen molar-refractivity contribution in [2.24, 2.45) is 0 Å². The van der Waals surface area contributed by atoms with Gasteiger partial charge in [-0.25, -0.2) is 10.4 Å². The summed E-state index contributed by atoms with van der Waals surface area (Å²) in [6.07, 6.45) is 5.56. The summed E-state index contributed by atoms with van der Waals surface area (Å²) < 4.78 is 5.28. The van der Waals surface area contributed by atoms with Gasteiger partial charge in [-0.3, -0.25) is 0 Å². The standard InChI is InChI=1S/C8H16N2O/c1-2-5-10(6-3-1)9-8-4-7-11-8/h8-9H,1-7H2. The molecule has 0 aromatic heterocycles. The monoisotopic (exact) mass is 156 g/mol. The molecule has 2 heterocycles. The molecular weight excluding hydrogens is 140 g/mol. The minimum atomic E-state index is 0.327. The van der Waals surface area contributed by atoms with Gasteiger partial charge in [0.2, 0.25) is 0 Å². The number of nitrogens with zero attached hydrogens (tertiary/aromatic N) is 1. The number of piperidine rings is 1. The average molecular weight is 156 g/mol. The molecule has 2 aliphatic heterocycles. The Bertz CT molecular complexity index is 119. The van der Waals surface area contributed by atoms with E-state index in [4.69, 9.17) is 4.74 Å². The molecule has 0 saturated carbocycles. The summed E-state index contributed by atoms with van der Waals surface area (Å²) in [5, 5.41) is 2.30.